The van der Waals surface area contributed by atoms with Crippen molar-refractivity contribution in [3.63, 3.8) is 0 Å². The van der Waals surface area contributed by atoms with Gasteiger partial charge < -0.3 is 9.47 Å². The molecule has 1 aromatic heterocycles. The smallest absolute Gasteiger partial charge is 0.308 e. The van der Waals surface area contributed by atoms with Crippen molar-refractivity contribution >= 4 is 27.4 Å². The van der Waals surface area contributed by atoms with Gasteiger partial charge in [0.25, 0.3) is 0 Å². The van der Waals surface area contributed by atoms with Crippen LogP contribution < -0.4 is 9.47 Å². The largest absolute Gasteiger partial charge is 0.495 e. The highest BCUT2D eigenvalue weighted by Crippen LogP contribution is 2.40. The summed E-state index contributed by atoms with van der Waals surface area (Å²) < 4.78 is 11.9. The van der Waals surface area contributed by atoms with Crippen molar-refractivity contribution in [2.24, 2.45) is 0 Å². The quantitative estimate of drug-likeness (QED) is 0.608. The molecule has 0 radical (unpaired) electrons. The zero-order valence-corrected chi connectivity index (χ0v) is 12.3. The molecule has 19 heavy (non-hydrogen) atoms. The van der Waals surface area contributed by atoms with Crippen molar-refractivity contribution in [1.29, 1.82) is 0 Å². The molecule has 0 N–H and O–H groups in total. The molecule has 2 rings (SSSR count). The van der Waals surface area contributed by atoms with Crippen LogP contribution in [0, 0.1) is 0 Å². The van der Waals surface area contributed by atoms with Crippen LogP contribution in [-0.2, 0) is 11.2 Å². The number of fused-ring (bicyclic) bond motifs is 1. The molecule has 4 heteroatoms. The van der Waals surface area contributed by atoms with Crippen molar-refractivity contribution in [2.75, 3.05) is 7.11 Å². The molecule has 0 unspecified atom stereocenters. The van der Waals surface area contributed by atoms with E-state index < -0.39 is 0 Å². The average Bonchev–Trinajstić information content (AvgIpc) is 2.86. The summed E-state index contributed by atoms with van der Waals surface area (Å²) in [4.78, 5) is 11.3. The fourth-order valence-corrected chi connectivity index (χ4v) is 3.00. The Kier molecular flexibility index (Phi) is 4.43. The highest BCUT2D eigenvalue weighted by molar-refractivity contribution is 7.17. The van der Waals surface area contributed by atoms with Gasteiger partial charge in [-0.1, -0.05) is 13.3 Å². The third kappa shape index (κ3) is 2.89. The highest BCUT2D eigenvalue weighted by Gasteiger charge is 2.16. The zero-order chi connectivity index (χ0) is 13.8. The number of hydrogen-bond donors (Lipinski definition) is 0. The van der Waals surface area contributed by atoms with Gasteiger partial charge in [0.1, 0.15) is 11.5 Å². The average molecular weight is 278 g/mol. The number of carbonyl (C=O) groups excluding carboxylic acids is 1. The molecule has 102 valence electrons. The summed E-state index contributed by atoms with van der Waals surface area (Å²) in [5.74, 6) is 1.26. The van der Waals surface area contributed by atoms with E-state index in [-0.39, 0.29) is 5.97 Å². The predicted octanol–water partition coefficient (Wildman–Crippen LogP) is 4.18. The fraction of sp³-hybridized carbons (Fsp3) is 0.400. The Morgan fingerprint density at radius 1 is 1.42 bits per heavy atom. The Bertz CT molecular complexity index is 586. The van der Waals surface area contributed by atoms with Crippen molar-refractivity contribution in [3.8, 4) is 11.5 Å². The van der Waals surface area contributed by atoms with E-state index in [0.29, 0.717) is 5.75 Å². The maximum absolute atomic E-state index is 11.3. The molecule has 1 heterocycles. The van der Waals surface area contributed by atoms with Crippen LogP contribution in [0.15, 0.2) is 17.5 Å². The maximum atomic E-state index is 11.3. The first-order chi connectivity index (χ1) is 9.17. The van der Waals surface area contributed by atoms with E-state index in [1.54, 1.807) is 18.4 Å². The molecular weight excluding hydrogens is 260 g/mol. The van der Waals surface area contributed by atoms with Crippen LogP contribution >= 0.6 is 11.3 Å². The lowest BCUT2D eigenvalue weighted by Crippen LogP contribution is -2.05. The van der Waals surface area contributed by atoms with Gasteiger partial charge in [0.05, 0.1) is 11.8 Å². The Labute approximate surface area is 117 Å². The number of ether oxygens (including phenoxy) is 2. The van der Waals surface area contributed by atoms with Crippen LogP contribution in [0.5, 0.6) is 11.5 Å². The van der Waals surface area contributed by atoms with Gasteiger partial charge in [-0.3, -0.25) is 4.79 Å². The first-order valence-electron chi connectivity index (χ1n) is 6.42. The van der Waals surface area contributed by atoms with Crippen LogP contribution in [0.25, 0.3) is 10.1 Å². The third-order valence-corrected chi connectivity index (χ3v) is 3.92. The Morgan fingerprint density at radius 2 is 2.21 bits per heavy atom. The van der Waals surface area contributed by atoms with Crippen LogP contribution in [0.2, 0.25) is 0 Å². The number of esters is 1. The number of aryl methyl sites for hydroxylation is 1. The van der Waals surface area contributed by atoms with E-state index in [1.807, 2.05) is 17.5 Å². The van der Waals surface area contributed by atoms with E-state index >= 15 is 0 Å². The second-order valence-electron chi connectivity index (χ2n) is 4.43. The van der Waals surface area contributed by atoms with E-state index in [4.69, 9.17) is 9.47 Å². The topological polar surface area (TPSA) is 35.5 Å². The maximum Gasteiger partial charge on any atom is 0.308 e. The minimum atomic E-state index is -0.282. The van der Waals surface area contributed by atoms with Crippen LogP contribution in [-0.4, -0.2) is 13.1 Å². The molecule has 3 nitrogen and oxygen atoms in total. The second kappa shape index (κ2) is 6.06. The lowest BCUT2D eigenvalue weighted by atomic mass is 10.0. The lowest BCUT2D eigenvalue weighted by molar-refractivity contribution is -0.131. The van der Waals surface area contributed by atoms with E-state index in [2.05, 4.69) is 6.92 Å². The molecule has 0 atom stereocenters. The number of benzene rings is 1. The Balaban J connectivity index is 2.57. The number of rotatable bonds is 5. The van der Waals surface area contributed by atoms with Crippen molar-refractivity contribution in [2.45, 2.75) is 33.1 Å². The molecule has 0 aliphatic heterocycles. The minimum absolute atomic E-state index is 0.282. The monoisotopic (exact) mass is 278 g/mol. The van der Waals surface area contributed by atoms with Crippen molar-refractivity contribution < 1.29 is 14.3 Å². The normalized spacial score (nSPS) is 10.7. The van der Waals surface area contributed by atoms with E-state index in [1.165, 1.54) is 6.92 Å². The fourth-order valence-electron chi connectivity index (χ4n) is 2.11. The minimum Gasteiger partial charge on any atom is -0.495 e. The van der Waals surface area contributed by atoms with E-state index in [0.717, 1.165) is 40.7 Å². The molecule has 0 aliphatic rings. The van der Waals surface area contributed by atoms with Crippen LogP contribution in [0.4, 0.5) is 0 Å². The molecular formula is C15H18O3S. The molecule has 0 fully saturated rings. The third-order valence-electron chi connectivity index (χ3n) is 3.00. The van der Waals surface area contributed by atoms with Gasteiger partial charge in [-0.2, -0.15) is 0 Å². The number of carbonyl (C=O) groups is 1. The molecule has 0 amide bonds. The van der Waals surface area contributed by atoms with Gasteiger partial charge in [-0.25, -0.2) is 0 Å². The molecule has 2 aromatic rings. The summed E-state index contributed by atoms with van der Waals surface area (Å²) in [5.41, 5.74) is 1.04. The summed E-state index contributed by atoms with van der Waals surface area (Å²) in [5, 5.41) is 2.95. The number of methoxy groups -OCH3 is 1. The van der Waals surface area contributed by atoms with Gasteiger partial charge in [0, 0.05) is 12.3 Å². The molecule has 0 bridgehead atoms. The first-order valence-corrected chi connectivity index (χ1v) is 7.30. The number of hydrogen-bond acceptors (Lipinski definition) is 4. The van der Waals surface area contributed by atoms with Gasteiger partial charge in [-0.05, 0) is 35.9 Å². The zero-order valence-electron chi connectivity index (χ0n) is 11.5. The van der Waals surface area contributed by atoms with Gasteiger partial charge in [0.15, 0.2) is 0 Å². The predicted molar refractivity (Wildman–Crippen MR) is 78.3 cm³/mol. The number of thiophene rings is 1. The summed E-state index contributed by atoms with van der Waals surface area (Å²) in [7, 11) is 1.67. The van der Waals surface area contributed by atoms with Crippen LogP contribution in [0.1, 0.15) is 32.3 Å². The molecule has 0 saturated carbocycles. The van der Waals surface area contributed by atoms with Gasteiger partial charge in [-0.15, -0.1) is 11.3 Å². The Hall–Kier alpha value is -1.55. The summed E-state index contributed by atoms with van der Waals surface area (Å²) in [6, 6.07) is 3.98. The SMILES string of the molecule is CCCCc1cc(OC)c2sccc2c1OC(C)=O. The van der Waals surface area contributed by atoms with Crippen molar-refractivity contribution in [3.05, 3.63) is 23.1 Å². The summed E-state index contributed by atoms with van der Waals surface area (Å²) in [6.45, 7) is 3.58. The standard InChI is InChI=1S/C15H18O3S/c1-4-5-6-11-9-13(17-3)15-12(7-8-19-15)14(11)18-10(2)16/h7-9H,4-6H2,1-3H3. The first kappa shape index (κ1) is 13.9. The molecule has 0 aliphatic carbocycles. The number of unbranched alkanes of at least 4 members (excludes halogenated alkanes) is 1. The lowest BCUT2D eigenvalue weighted by Gasteiger charge is -2.13. The van der Waals surface area contributed by atoms with Crippen molar-refractivity contribution in [1.82, 2.24) is 0 Å². The molecule has 1 aromatic carbocycles. The van der Waals surface area contributed by atoms with Crippen LogP contribution in [0.3, 0.4) is 0 Å². The summed E-state index contributed by atoms with van der Waals surface area (Å²) in [6.07, 6.45) is 3.05. The molecule has 0 saturated heterocycles. The van der Waals surface area contributed by atoms with E-state index in [9.17, 15) is 4.79 Å². The van der Waals surface area contributed by atoms with Gasteiger partial charge >= 0.3 is 5.97 Å². The second-order valence-corrected chi connectivity index (χ2v) is 5.34. The molecule has 0 spiro atoms. The highest BCUT2D eigenvalue weighted by atomic mass is 32.1. The van der Waals surface area contributed by atoms with Gasteiger partial charge in [0.2, 0.25) is 0 Å². The summed E-state index contributed by atoms with van der Waals surface area (Å²) >= 11 is 1.60. The Morgan fingerprint density at radius 3 is 2.84 bits per heavy atom.